The first-order chi connectivity index (χ1) is 10.7. The second-order valence-corrected chi connectivity index (χ2v) is 12.0. The minimum absolute atomic E-state index is 0.0457. The van der Waals surface area contributed by atoms with Gasteiger partial charge in [0.25, 0.3) is 0 Å². The smallest absolute Gasteiger partial charge is 0.192 e. The van der Waals surface area contributed by atoms with Crippen LogP contribution >= 0.6 is 0 Å². The minimum Gasteiger partial charge on any atom is -0.413 e. The van der Waals surface area contributed by atoms with Crippen molar-refractivity contribution >= 4 is 14.6 Å². The Kier molecular flexibility index (Phi) is 7.00. The lowest BCUT2D eigenvalue weighted by molar-refractivity contribution is -0.108. The number of nitrogens with zero attached hydrogens (tertiary/aromatic N) is 3. The Balaban J connectivity index is 3.16. The third kappa shape index (κ3) is 5.50. The molecule has 0 unspecified atom stereocenters. The third-order valence-electron chi connectivity index (χ3n) is 4.49. The van der Waals surface area contributed by atoms with Gasteiger partial charge in [0.15, 0.2) is 8.32 Å². The molecule has 0 amide bonds. The predicted octanol–water partition coefficient (Wildman–Crippen LogP) is 5.41. The Morgan fingerprint density at radius 1 is 1.30 bits per heavy atom. The monoisotopic (exact) mass is 333 g/mol. The summed E-state index contributed by atoms with van der Waals surface area (Å²) in [5.41, 5.74) is 9.89. The van der Waals surface area contributed by atoms with Crippen LogP contribution in [0.5, 0.6) is 0 Å². The molecule has 0 radical (unpaired) electrons. The molecule has 6 heteroatoms. The van der Waals surface area contributed by atoms with Gasteiger partial charge in [0.05, 0.1) is 12.1 Å². The number of azide groups is 1. The van der Waals surface area contributed by atoms with Gasteiger partial charge in [-0.2, -0.15) is 0 Å². The van der Waals surface area contributed by atoms with Gasteiger partial charge in [-0.3, -0.25) is 0 Å². The lowest BCUT2D eigenvalue weighted by Gasteiger charge is -2.40. The van der Waals surface area contributed by atoms with Crippen molar-refractivity contribution in [2.24, 2.45) is 5.11 Å². The SMILES string of the molecule is CC(C)(C)[Si](C)(C)O[C@@H](CCC=O)[C@@H](N=[N+]=[N-])c1ccccc1. The molecule has 0 saturated heterocycles. The molecule has 0 aliphatic rings. The highest BCUT2D eigenvalue weighted by molar-refractivity contribution is 6.74. The maximum atomic E-state index is 10.8. The number of benzene rings is 1. The zero-order valence-electron chi connectivity index (χ0n) is 14.7. The van der Waals surface area contributed by atoms with Gasteiger partial charge >= 0.3 is 0 Å². The normalized spacial score (nSPS) is 14.7. The Hall–Kier alpha value is -1.62. The maximum absolute atomic E-state index is 10.8. The Labute approximate surface area is 139 Å². The van der Waals surface area contributed by atoms with Crippen LogP contribution in [0.2, 0.25) is 18.1 Å². The van der Waals surface area contributed by atoms with Gasteiger partial charge in [0, 0.05) is 11.3 Å². The average Bonchev–Trinajstić information content (AvgIpc) is 2.49. The molecule has 5 nitrogen and oxygen atoms in total. The Morgan fingerprint density at radius 2 is 1.91 bits per heavy atom. The van der Waals surface area contributed by atoms with E-state index in [0.717, 1.165) is 11.8 Å². The van der Waals surface area contributed by atoms with Crippen molar-refractivity contribution in [2.75, 3.05) is 0 Å². The molecule has 2 atom stereocenters. The van der Waals surface area contributed by atoms with Crippen molar-refractivity contribution in [3.05, 3.63) is 46.3 Å². The van der Waals surface area contributed by atoms with Crippen LogP contribution in [-0.4, -0.2) is 20.7 Å². The molecule has 0 heterocycles. The van der Waals surface area contributed by atoms with Crippen molar-refractivity contribution in [3.8, 4) is 0 Å². The summed E-state index contributed by atoms with van der Waals surface area (Å²) in [6.45, 7) is 10.8. The van der Waals surface area contributed by atoms with E-state index in [4.69, 9.17) is 9.96 Å². The van der Waals surface area contributed by atoms with Crippen molar-refractivity contribution in [3.63, 3.8) is 0 Å². The van der Waals surface area contributed by atoms with E-state index < -0.39 is 14.4 Å². The van der Waals surface area contributed by atoms with Crippen LogP contribution in [-0.2, 0) is 9.22 Å². The standard InChI is InChI=1S/C17H27N3O2Si/c1-17(2,3)23(4,5)22-15(12-9-13-21)16(19-20-18)14-10-7-6-8-11-14/h6-8,10-11,13,15-16H,9,12H2,1-5H3/t15-,16-/m0/s1. The zero-order valence-corrected chi connectivity index (χ0v) is 15.7. The highest BCUT2D eigenvalue weighted by Crippen LogP contribution is 2.40. The molecule has 23 heavy (non-hydrogen) atoms. The summed E-state index contributed by atoms with van der Waals surface area (Å²) in [4.78, 5) is 13.8. The van der Waals surface area contributed by atoms with Crippen LogP contribution in [0, 0.1) is 0 Å². The average molecular weight is 334 g/mol. The first kappa shape index (κ1) is 19.4. The summed E-state index contributed by atoms with van der Waals surface area (Å²) in [5, 5.41) is 4.02. The van der Waals surface area contributed by atoms with Crippen molar-refractivity contribution < 1.29 is 9.22 Å². The Bertz CT molecular complexity index is 549. The van der Waals surface area contributed by atoms with E-state index in [9.17, 15) is 4.79 Å². The van der Waals surface area contributed by atoms with Crippen LogP contribution in [0.25, 0.3) is 10.4 Å². The van der Waals surface area contributed by atoms with Crippen LogP contribution < -0.4 is 0 Å². The van der Waals surface area contributed by atoms with E-state index in [0.29, 0.717) is 12.8 Å². The molecule has 0 N–H and O–H groups in total. The van der Waals surface area contributed by atoms with Crippen LogP contribution in [0.15, 0.2) is 35.4 Å². The van der Waals surface area contributed by atoms with E-state index in [1.807, 2.05) is 30.3 Å². The molecule has 0 aliphatic heterocycles. The summed E-state index contributed by atoms with van der Waals surface area (Å²) in [5.74, 6) is 0. The zero-order chi connectivity index (χ0) is 17.5. The lowest BCUT2D eigenvalue weighted by Crippen LogP contribution is -2.45. The molecule has 1 rings (SSSR count). The summed E-state index contributed by atoms with van der Waals surface area (Å²) >= 11 is 0. The first-order valence-electron chi connectivity index (χ1n) is 7.93. The maximum Gasteiger partial charge on any atom is 0.192 e. The highest BCUT2D eigenvalue weighted by atomic mass is 28.4. The predicted molar refractivity (Wildman–Crippen MR) is 95.7 cm³/mol. The highest BCUT2D eigenvalue weighted by Gasteiger charge is 2.40. The topological polar surface area (TPSA) is 75.1 Å². The van der Waals surface area contributed by atoms with Gasteiger partial charge in [-0.15, -0.1) is 0 Å². The van der Waals surface area contributed by atoms with Gasteiger partial charge in [-0.05, 0) is 35.6 Å². The van der Waals surface area contributed by atoms with E-state index >= 15 is 0 Å². The molecule has 126 valence electrons. The molecule has 0 bridgehead atoms. The molecule has 0 saturated carbocycles. The number of carbonyl (C=O) groups is 1. The van der Waals surface area contributed by atoms with Gasteiger partial charge in [0.1, 0.15) is 6.29 Å². The van der Waals surface area contributed by atoms with E-state index in [2.05, 4.69) is 43.9 Å². The Morgan fingerprint density at radius 3 is 2.39 bits per heavy atom. The molecule has 0 fully saturated rings. The molecular weight excluding hydrogens is 306 g/mol. The number of rotatable bonds is 8. The van der Waals surface area contributed by atoms with Crippen molar-refractivity contribution in [1.82, 2.24) is 0 Å². The molecule has 0 aromatic heterocycles. The summed E-state index contributed by atoms with van der Waals surface area (Å²) in [6, 6.07) is 9.20. The fourth-order valence-corrected chi connectivity index (χ4v) is 3.49. The lowest BCUT2D eigenvalue weighted by atomic mass is 9.99. The van der Waals surface area contributed by atoms with Gasteiger partial charge < -0.3 is 9.22 Å². The van der Waals surface area contributed by atoms with E-state index in [-0.39, 0.29) is 11.1 Å². The fraction of sp³-hybridized carbons (Fsp3) is 0.588. The summed E-state index contributed by atoms with van der Waals surface area (Å²) in [7, 11) is -2.04. The van der Waals surface area contributed by atoms with E-state index in [1.54, 1.807) is 0 Å². The molecular formula is C17H27N3O2Si. The third-order valence-corrected chi connectivity index (χ3v) is 8.99. The second kappa shape index (κ2) is 8.29. The van der Waals surface area contributed by atoms with Gasteiger partial charge in [-0.1, -0.05) is 56.2 Å². The largest absolute Gasteiger partial charge is 0.413 e. The minimum atomic E-state index is -2.04. The first-order valence-corrected chi connectivity index (χ1v) is 10.8. The molecule has 0 spiro atoms. The number of carbonyl (C=O) groups excluding carboxylic acids is 1. The van der Waals surface area contributed by atoms with Gasteiger partial charge in [-0.25, -0.2) is 0 Å². The number of aldehydes is 1. The second-order valence-electron chi connectivity index (χ2n) is 7.22. The quantitative estimate of drug-likeness (QED) is 0.210. The molecule has 1 aromatic carbocycles. The van der Waals surface area contributed by atoms with Crippen LogP contribution in [0.3, 0.4) is 0 Å². The van der Waals surface area contributed by atoms with E-state index in [1.165, 1.54) is 0 Å². The van der Waals surface area contributed by atoms with Crippen LogP contribution in [0.4, 0.5) is 0 Å². The van der Waals surface area contributed by atoms with Gasteiger partial charge in [0.2, 0.25) is 0 Å². The number of hydrogen-bond acceptors (Lipinski definition) is 3. The summed E-state index contributed by atoms with van der Waals surface area (Å²) in [6.07, 6.45) is 1.54. The number of hydrogen-bond donors (Lipinski definition) is 0. The van der Waals surface area contributed by atoms with Crippen molar-refractivity contribution in [2.45, 2.75) is 63.9 Å². The molecule has 0 aliphatic carbocycles. The fourth-order valence-electron chi connectivity index (χ4n) is 2.13. The van der Waals surface area contributed by atoms with Crippen LogP contribution in [0.1, 0.15) is 45.2 Å². The van der Waals surface area contributed by atoms with Crippen molar-refractivity contribution in [1.29, 1.82) is 0 Å². The molecule has 1 aromatic rings. The summed E-state index contributed by atoms with van der Waals surface area (Å²) < 4.78 is 6.49.